The lowest BCUT2D eigenvalue weighted by molar-refractivity contribution is 0.673. The van der Waals surface area contributed by atoms with Crippen LogP contribution in [0.25, 0.3) is 110 Å². The van der Waals surface area contributed by atoms with Crippen LogP contribution < -0.4 is 4.90 Å². The second kappa shape index (κ2) is 16.5. The van der Waals surface area contributed by atoms with E-state index in [-0.39, 0.29) is 0 Å². The lowest BCUT2D eigenvalue weighted by Gasteiger charge is -2.29. The molecule has 0 aliphatic carbocycles. The van der Waals surface area contributed by atoms with Gasteiger partial charge in [0, 0.05) is 33.1 Å². The van der Waals surface area contributed by atoms with Gasteiger partial charge in [-0.05, 0) is 126 Å². The highest BCUT2D eigenvalue weighted by Crippen LogP contribution is 2.46. The fraction of sp³-hybridized carbons (Fsp3) is 0. The van der Waals surface area contributed by atoms with Gasteiger partial charge >= 0.3 is 0 Å². The van der Waals surface area contributed by atoms with E-state index in [0.29, 0.717) is 0 Å². The maximum Gasteiger partial charge on any atom is 0.143 e. The van der Waals surface area contributed by atoms with Gasteiger partial charge in [0.15, 0.2) is 0 Å². The number of hydrogen-bond donors (Lipinski definition) is 0. The van der Waals surface area contributed by atoms with Gasteiger partial charge in [0.1, 0.15) is 11.2 Å². The van der Waals surface area contributed by atoms with Gasteiger partial charge in [-0.25, -0.2) is 0 Å². The van der Waals surface area contributed by atoms with Gasteiger partial charge in [0.25, 0.3) is 0 Å². The minimum atomic E-state index is 0.889. The van der Waals surface area contributed by atoms with Crippen molar-refractivity contribution in [1.82, 2.24) is 0 Å². The zero-order chi connectivity index (χ0) is 45.0. The summed E-state index contributed by atoms with van der Waals surface area (Å²) in [6.07, 6.45) is 0. The third-order valence-electron chi connectivity index (χ3n) is 13.7. The summed E-state index contributed by atoms with van der Waals surface area (Å²) in [7, 11) is 0. The molecule has 1 aromatic heterocycles. The van der Waals surface area contributed by atoms with Crippen molar-refractivity contribution in [2.45, 2.75) is 0 Å². The lowest BCUT2D eigenvalue weighted by Crippen LogP contribution is -2.11. The summed E-state index contributed by atoms with van der Waals surface area (Å²) in [6.45, 7) is 0. The van der Waals surface area contributed by atoms with Gasteiger partial charge in [0.05, 0.1) is 5.69 Å². The smallest absolute Gasteiger partial charge is 0.143 e. The molecule has 0 fully saturated rings. The molecule has 0 spiro atoms. The van der Waals surface area contributed by atoms with Gasteiger partial charge in [-0.3, -0.25) is 0 Å². The van der Waals surface area contributed by atoms with Crippen molar-refractivity contribution in [3.63, 3.8) is 0 Å². The summed E-state index contributed by atoms with van der Waals surface area (Å²) in [5.74, 6) is 0. The standard InChI is InChI=1S/C66H43NO/c1-3-14-44(15-4-1)50-20-11-21-51(42-50)45-28-35-53(36-29-45)67(54-37-30-49(31-38-54)58-25-13-27-64-65(58)62-41-33-48-19-8-10-23-59(48)66(62)68-64)63-43-52(34-39-57(63)46-16-5-2-6-17-46)56-24-12-26-60-55-22-9-7-18-47(55)32-40-61(56)60/h1-43H. The fourth-order valence-corrected chi connectivity index (χ4v) is 10.4. The Morgan fingerprint density at radius 3 is 1.51 bits per heavy atom. The SMILES string of the molecule is c1ccc(-c2cccc(-c3ccc(N(c4ccc(-c5cccc6oc7c8ccccc8ccc7c56)cc4)c4cc(-c5cccc6c5ccc5ccccc56)ccc4-c4ccccc4)cc3)c2)cc1. The van der Waals surface area contributed by atoms with Crippen LogP contribution in [0.5, 0.6) is 0 Å². The molecule has 0 amide bonds. The first-order valence-corrected chi connectivity index (χ1v) is 23.3. The molecule has 0 radical (unpaired) electrons. The molecule has 2 heteroatoms. The molecular weight excluding hydrogens is 823 g/mol. The van der Waals surface area contributed by atoms with E-state index in [9.17, 15) is 0 Å². The van der Waals surface area contributed by atoms with Crippen molar-refractivity contribution in [2.75, 3.05) is 4.90 Å². The Morgan fingerprint density at radius 1 is 0.265 bits per heavy atom. The number of nitrogens with zero attached hydrogens (tertiary/aromatic N) is 1. The van der Waals surface area contributed by atoms with Crippen LogP contribution in [0.4, 0.5) is 17.1 Å². The topological polar surface area (TPSA) is 16.4 Å². The fourth-order valence-electron chi connectivity index (χ4n) is 10.4. The second-order valence-electron chi connectivity index (χ2n) is 17.6. The van der Waals surface area contributed by atoms with Crippen LogP contribution in [-0.4, -0.2) is 0 Å². The number of rotatable bonds is 8. The Kier molecular flexibility index (Phi) is 9.54. The van der Waals surface area contributed by atoms with Crippen LogP contribution in [0.2, 0.25) is 0 Å². The van der Waals surface area contributed by atoms with E-state index in [0.717, 1.165) is 77.8 Å². The van der Waals surface area contributed by atoms with Crippen LogP contribution in [0.15, 0.2) is 265 Å². The number of hydrogen-bond acceptors (Lipinski definition) is 2. The molecule has 0 bridgehead atoms. The van der Waals surface area contributed by atoms with Crippen LogP contribution in [0.3, 0.4) is 0 Å². The molecule has 0 N–H and O–H groups in total. The Morgan fingerprint density at radius 2 is 0.779 bits per heavy atom. The van der Waals surface area contributed by atoms with Crippen molar-refractivity contribution in [3.05, 3.63) is 261 Å². The zero-order valence-corrected chi connectivity index (χ0v) is 37.2. The lowest BCUT2D eigenvalue weighted by atomic mass is 9.92. The molecule has 0 atom stereocenters. The van der Waals surface area contributed by atoms with Crippen LogP contribution in [-0.2, 0) is 0 Å². The summed E-state index contributed by atoms with van der Waals surface area (Å²) in [5, 5.41) is 9.54. The largest absolute Gasteiger partial charge is 0.455 e. The Labute approximate surface area is 395 Å². The Hall–Kier alpha value is -8.98. The molecule has 1 heterocycles. The van der Waals surface area contributed by atoms with Gasteiger partial charge in [0.2, 0.25) is 0 Å². The predicted octanol–water partition coefficient (Wildman–Crippen LogP) is 18.9. The molecule has 2 nitrogen and oxygen atoms in total. The summed E-state index contributed by atoms with van der Waals surface area (Å²) in [6, 6.07) is 94.5. The molecule has 0 saturated carbocycles. The normalized spacial score (nSPS) is 11.5. The molecule has 0 unspecified atom stereocenters. The van der Waals surface area contributed by atoms with Crippen LogP contribution in [0, 0.1) is 0 Å². The molecule has 68 heavy (non-hydrogen) atoms. The molecule has 0 aliphatic rings. The van der Waals surface area contributed by atoms with E-state index >= 15 is 0 Å². The molecular formula is C66H43NO. The quantitative estimate of drug-likeness (QED) is 0.142. The van der Waals surface area contributed by atoms with E-state index in [1.165, 1.54) is 49.2 Å². The van der Waals surface area contributed by atoms with E-state index in [4.69, 9.17) is 4.42 Å². The maximum atomic E-state index is 6.62. The third-order valence-corrected chi connectivity index (χ3v) is 13.7. The molecule has 0 aliphatic heterocycles. The van der Waals surface area contributed by atoms with Crippen molar-refractivity contribution < 1.29 is 4.42 Å². The number of anilines is 3. The highest BCUT2D eigenvalue weighted by Gasteiger charge is 2.21. The van der Waals surface area contributed by atoms with Crippen molar-refractivity contribution in [3.8, 4) is 55.6 Å². The minimum Gasteiger partial charge on any atom is -0.455 e. The third kappa shape index (κ3) is 6.82. The molecule has 0 saturated heterocycles. The van der Waals surface area contributed by atoms with Crippen molar-refractivity contribution in [2.24, 2.45) is 0 Å². The van der Waals surface area contributed by atoms with E-state index in [2.05, 4.69) is 266 Å². The van der Waals surface area contributed by atoms with Crippen molar-refractivity contribution >= 4 is 71.3 Å². The maximum absolute atomic E-state index is 6.62. The van der Waals surface area contributed by atoms with E-state index in [1.807, 2.05) is 0 Å². The minimum absolute atomic E-state index is 0.889. The van der Waals surface area contributed by atoms with Gasteiger partial charge in [-0.2, -0.15) is 0 Å². The molecule has 13 rings (SSSR count). The first-order valence-electron chi connectivity index (χ1n) is 23.3. The van der Waals surface area contributed by atoms with Crippen LogP contribution >= 0.6 is 0 Å². The summed E-state index contributed by atoms with van der Waals surface area (Å²) >= 11 is 0. The Bertz CT molecular complexity index is 4000. The molecule has 13 aromatic rings. The predicted molar refractivity (Wildman–Crippen MR) is 288 cm³/mol. The molecule has 318 valence electrons. The van der Waals surface area contributed by atoms with Gasteiger partial charge < -0.3 is 9.32 Å². The van der Waals surface area contributed by atoms with Gasteiger partial charge in [-0.15, -0.1) is 0 Å². The van der Waals surface area contributed by atoms with Crippen molar-refractivity contribution in [1.29, 1.82) is 0 Å². The summed E-state index contributed by atoms with van der Waals surface area (Å²) < 4.78 is 6.62. The molecule has 12 aromatic carbocycles. The number of fused-ring (bicyclic) bond motifs is 8. The highest BCUT2D eigenvalue weighted by molar-refractivity contribution is 6.19. The first-order chi connectivity index (χ1) is 33.7. The Balaban J connectivity index is 0.987. The highest BCUT2D eigenvalue weighted by atomic mass is 16.3. The zero-order valence-electron chi connectivity index (χ0n) is 37.2. The monoisotopic (exact) mass is 865 g/mol. The first kappa shape index (κ1) is 39.4. The van der Waals surface area contributed by atoms with E-state index < -0.39 is 0 Å². The second-order valence-corrected chi connectivity index (χ2v) is 17.6. The van der Waals surface area contributed by atoms with Gasteiger partial charge in [-0.1, -0.05) is 212 Å². The average Bonchev–Trinajstić information content (AvgIpc) is 3.81. The number of benzene rings is 12. The average molecular weight is 866 g/mol. The number of furan rings is 1. The summed E-state index contributed by atoms with van der Waals surface area (Å²) in [4.78, 5) is 2.43. The summed E-state index contributed by atoms with van der Waals surface area (Å²) in [5.41, 5.74) is 16.7. The van der Waals surface area contributed by atoms with Crippen LogP contribution in [0.1, 0.15) is 0 Å². The van der Waals surface area contributed by atoms with E-state index in [1.54, 1.807) is 0 Å².